The summed E-state index contributed by atoms with van der Waals surface area (Å²) in [5.41, 5.74) is 0.453. The van der Waals surface area contributed by atoms with Gasteiger partial charge in [0, 0.05) is 24.0 Å². The molecule has 0 N–H and O–H groups in total. The molecular weight excluding hydrogens is 324 g/mol. The number of hydrogen-bond donors (Lipinski definition) is 0. The molecule has 0 aliphatic carbocycles. The van der Waals surface area contributed by atoms with Crippen molar-refractivity contribution >= 4 is 0 Å². The van der Waals surface area contributed by atoms with Crippen molar-refractivity contribution in [3.05, 3.63) is 47.6 Å². The summed E-state index contributed by atoms with van der Waals surface area (Å²) in [6, 6.07) is 2.88. The molecule has 8 heteroatoms. The Morgan fingerprint density at radius 3 is 1.62 bits per heavy atom. The third-order valence-corrected chi connectivity index (χ3v) is 2.92. The molecule has 0 atom stereocenters. The molecule has 132 valence electrons. The van der Waals surface area contributed by atoms with Gasteiger partial charge in [0.25, 0.3) is 12.9 Å². The second-order valence-corrected chi connectivity index (χ2v) is 5.59. The van der Waals surface area contributed by atoms with Crippen molar-refractivity contribution in [1.82, 2.24) is 19.9 Å². The average Bonchev–Trinajstić information content (AvgIpc) is 2.55. The summed E-state index contributed by atoms with van der Waals surface area (Å²) >= 11 is 0. The lowest BCUT2D eigenvalue weighted by molar-refractivity contribution is 0.140. The first-order valence-corrected chi connectivity index (χ1v) is 7.44. The minimum atomic E-state index is -2.58. The van der Waals surface area contributed by atoms with Gasteiger partial charge in [-0.15, -0.1) is 0 Å². The molecule has 0 unspecified atom stereocenters. The van der Waals surface area contributed by atoms with Crippen molar-refractivity contribution in [2.24, 2.45) is 0 Å². The van der Waals surface area contributed by atoms with E-state index in [9.17, 15) is 17.6 Å². The van der Waals surface area contributed by atoms with Gasteiger partial charge in [0.05, 0.1) is 0 Å². The quantitative estimate of drug-likeness (QED) is 0.726. The van der Waals surface area contributed by atoms with E-state index < -0.39 is 12.9 Å². The lowest BCUT2D eigenvalue weighted by Crippen LogP contribution is -2.00. The molecule has 2 aromatic heterocycles. The number of rotatable bonds is 4. The maximum atomic E-state index is 12.1. The summed E-state index contributed by atoms with van der Waals surface area (Å²) in [5.74, 6) is 0.322. The van der Waals surface area contributed by atoms with Gasteiger partial charge >= 0.3 is 0 Å². The van der Waals surface area contributed by atoms with Crippen LogP contribution in [0.15, 0.2) is 24.5 Å². The van der Waals surface area contributed by atoms with Crippen molar-refractivity contribution in [1.29, 1.82) is 0 Å². The van der Waals surface area contributed by atoms with E-state index in [-0.39, 0.29) is 23.4 Å². The summed E-state index contributed by atoms with van der Waals surface area (Å²) in [5, 5.41) is 0. The van der Waals surface area contributed by atoms with Crippen LogP contribution in [0.25, 0.3) is 0 Å². The molecule has 0 amide bonds. The van der Waals surface area contributed by atoms with Gasteiger partial charge in [0.1, 0.15) is 11.5 Å². The Kier molecular flexibility index (Phi) is 7.67. The molecule has 2 rings (SSSR count). The van der Waals surface area contributed by atoms with Gasteiger partial charge in [0.15, 0.2) is 5.82 Å². The lowest BCUT2D eigenvalue weighted by Gasteiger charge is -2.04. The van der Waals surface area contributed by atoms with E-state index in [1.807, 2.05) is 27.7 Å². The van der Waals surface area contributed by atoms with Gasteiger partial charge in [-0.1, -0.05) is 27.7 Å². The molecule has 2 heterocycles. The molecule has 0 aliphatic rings. The fourth-order valence-electron chi connectivity index (χ4n) is 1.60. The third-order valence-electron chi connectivity index (χ3n) is 2.92. The van der Waals surface area contributed by atoms with Crippen LogP contribution in [0.3, 0.4) is 0 Å². The van der Waals surface area contributed by atoms with E-state index in [2.05, 4.69) is 19.9 Å². The summed E-state index contributed by atoms with van der Waals surface area (Å²) in [4.78, 5) is 14.8. The zero-order valence-corrected chi connectivity index (χ0v) is 13.9. The van der Waals surface area contributed by atoms with Crippen LogP contribution in [0.4, 0.5) is 17.6 Å². The second-order valence-electron chi connectivity index (χ2n) is 5.59. The number of aromatic nitrogens is 4. The van der Waals surface area contributed by atoms with Crippen molar-refractivity contribution in [3.8, 4) is 0 Å². The molecule has 24 heavy (non-hydrogen) atoms. The first-order valence-electron chi connectivity index (χ1n) is 7.44. The zero-order chi connectivity index (χ0) is 18.3. The largest absolute Gasteiger partial charge is 0.297 e. The monoisotopic (exact) mass is 344 g/mol. The molecule has 0 aromatic carbocycles. The Morgan fingerprint density at radius 1 is 0.667 bits per heavy atom. The highest BCUT2D eigenvalue weighted by atomic mass is 19.3. The van der Waals surface area contributed by atoms with Crippen molar-refractivity contribution in [2.75, 3.05) is 0 Å². The van der Waals surface area contributed by atoms with Crippen LogP contribution < -0.4 is 0 Å². The fourth-order valence-corrected chi connectivity index (χ4v) is 1.60. The molecule has 4 nitrogen and oxygen atoms in total. The van der Waals surface area contributed by atoms with Crippen LogP contribution in [0.5, 0.6) is 0 Å². The zero-order valence-electron chi connectivity index (χ0n) is 13.9. The third kappa shape index (κ3) is 6.17. The standard InChI is InChI=1S/2C8H10F2N2/c1-5(2)8-11-4-3-6(12-8)7(9)10;1-5(2)6-3-4-11-8(12-6)7(9)10/h2*3-5,7H,1-2H3. The molecule has 0 saturated carbocycles. The maximum Gasteiger partial charge on any atom is 0.297 e. The molecule has 0 radical (unpaired) electrons. The predicted molar refractivity (Wildman–Crippen MR) is 82.2 cm³/mol. The number of halogens is 4. The summed E-state index contributed by atoms with van der Waals surface area (Å²) in [6.45, 7) is 7.53. The van der Waals surface area contributed by atoms with Gasteiger partial charge in [-0.3, -0.25) is 0 Å². The highest BCUT2D eigenvalue weighted by Gasteiger charge is 2.12. The van der Waals surface area contributed by atoms with Gasteiger partial charge in [-0.2, -0.15) is 0 Å². The molecule has 0 saturated heterocycles. The van der Waals surface area contributed by atoms with E-state index >= 15 is 0 Å². The van der Waals surface area contributed by atoms with Crippen LogP contribution >= 0.6 is 0 Å². The molecule has 0 aliphatic heterocycles. The Balaban J connectivity index is 0.000000240. The van der Waals surface area contributed by atoms with Crippen molar-refractivity contribution in [3.63, 3.8) is 0 Å². The first kappa shape index (κ1) is 19.9. The second kappa shape index (κ2) is 9.24. The van der Waals surface area contributed by atoms with Gasteiger partial charge in [-0.25, -0.2) is 37.5 Å². The molecule has 0 fully saturated rings. The van der Waals surface area contributed by atoms with E-state index in [0.29, 0.717) is 11.5 Å². The van der Waals surface area contributed by atoms with Gasteiger partial charge in [0.2, 0.25) is 0 Å². The Hall–Kier alpha value is -2.12. The summed E-state index contributed by atoms with van der Waals surface area (Å²) < 4.78 is 48.4. The summed E-state index contributed by atoms with van der Waals surface area (Å²) in [7, 11) is 0. The Morgan fingerprint density at radius 2 is 1.17 bits per heavy atom. The van der Waals surface area contributed by atoms with Gasteiger partial charge < -0.3 is 0 Å². The SMILES string of the molecule is CC(C)c1ccnc(C(F)F)n1.CC(C)c1nccc(C(F)F)n1. The van der Waals surface area contributed by atoms with E-state index in [1.165, 1.54) is 18.5 Å². The Labute approximate surface area is 138 Å². The fraction of sp³-hybridized carbons (Fsp3) is 0.500. The highest BCUT2D eigenvalue weighted by molar-refractivity contribution is 5.07. The Bertz CT molecular complexity index is 531. The minimum absolute atomic E-state index is 0.0868. The lowest BCUT2D eigenvalue weighted by atomic mass is 10.1. The van der Waals surface area contributed by atoms with Crippen molar-refractivity contribution in [2.45, 2.75) is 52.4 Å². The topological polar surface area (TPSA) is 51.6 Å². The van der Waals surface area contributed by atoms with E-state index in [0.717, 1.165) is 0 Å². The van der Waals surface area contributed by atoms with Crippen LogP contribution in [-0.2, 0) is 0 Å². The average molecular weight is 344 g/mol. The molecular formula is C16H20F4N4. The van der Waals surface area contributed by atoms with E-state index in [1.54, 1.807) is 6.07 Å². The number of alkyl halides is 4. The minimum Gasteiger partial charge on any atom is -0.241 e. The first-order chi connectivity index (χ1) is 11.2. The van der Waals surface area contributed by atoms with Gasteiger partial charge in [-0.05, 0) is 18.1 Å². The predicted octanol–water partition coefficient (Wildman–Crippen LogP) is 5.08. The van der Waals surface area contributed by atoms with Crippen LogP contribution in [0, 0.1) is 0 Å². The summed E-state index contributed by atoms with van der Waals surface area (Å²) in [6.07, 6.45) is -2.36. The van der Waals surface area contributed by atoms with Crippen LogP contribution in [0.1, 0.15) is 75.4 Å². The smallest absolute Gasteiger partial charge is 0.241 e. The van der Waals surface area contributed by atoms with Crippen molar-refractivity contribution < 1.29 is 17.6 Å². The normalized spacial score (nSPS) is 11.2. The maximum absolute atomic E-state index is 12.1. The van der Waals surface area contributed by atoms with E-state index in [4.69, 9.17) is 0 Å². The van der Waals surface area contributed by atoms with Crippen LogP contribution in [0.2, 0.25) is 0 Å². The molecule has 0 spiro atoms. The molecule has 2 aromatic rings. The number of nitrogens with zero attached hydrogens (tertiary/aromatic N) is 4. The molecule has 0 bridgehead atoms. The van der Waals surface area contributed by atoms with Crippen LogP contribution in [-0.4, -0.2) is 19.9 Å². The number of hydrogen-bond acceptors (Lipinski definition) is 4. The highest BCUT2D eigenvalue weighted by Crippen LogP contribution is 2.18.